The Morgan fingerprint density at radius 2 is 1.94 bits per heavy atom. The second kappa shape index (κ2) is 10.4. The van der Waals surface area contributed by atoms with Crippen molar-refractivity contribution >= 4 is 39.3 Å². The first-order chi connectivity index (χ1) is 15.4. The number of methoxy groups -OCH3 is 2. The molecule has 0 radical (unpaired) electrons. The summed E-state index contributed by atoms with van der Waals surface area (Å²) in [5.41, 5.74) is 9.78. The van der Waals surface area contributed by atoms with E-state index in [0.717, 1.165) is 16.8 Å². The van der Waals surface area contributed by atoms with E-state index in [0.29, 0.717) is 41.1 Å². The molecule has 1 atom stereocenters. The average molecular weight is 459 g/mol. The van der Waals surface area contributed by atoms with E-state index in [1.54, 1.807) is 19.2 Å². The van der Waals surface area contributed by atoms with Crippen LogP contribution in [0.2, 0.25) is 0 Å². The number of carbonyl (C=O) groups is 1. The molecule has 1 heterocycles. The highest BCUT2D eigenvalue weighted by atomic mass is 32.2. The number of primary amides is 1. The van der Waals surface area contributed by atoms with E-state index in [2.05, 4.69) is 15.6 Å². The molecule has 0 bridgehead atoms. The molecule has 0 fully saturated rings. The van der Waals surface area contributed by atoms with Gasteiger partial charge in [-0.1, -0.05) is 19.1 Å². The number of hydrogen-bond donors (Lipinski definition) is 4. The molecule has 0 aliphatic carbocycles. The van der Waals surface area contributed by atoms with Crippen LogP contribution in [0.5, 0.6) is 11.5 Å². The summed E-state index contributed by atoms with van der Waals surface area (Å²) in [6.45, 7) is 2.44. The topological polar surface area (TPSA) is 136 Å². The summed E-state index contributed by atoms with van der Waals surface area (Å²) in [6.07, 6.45) is 2.14. The van der Waals surface area contributed by atoms with Crippen LogP contribution in [0.25, 0.3) is 10.9 Å². The number of fused-ring (bicyclic) bond motifs is 1. The molecule has 32 heavy (non-hydrogen) atoms. The van der Waals surface area contributed by atoms with Gasteiger partial charge in [-0.05, 0) is 29.7 Å². The number of amides is 1. The molecule has 3 aromatic rings. The third-order valence-electron chi connectivity index (χ3n) is 5.07. The van der Waals surface area contributed by atoms with Crippen LogP contribution in [-0.4, -0.2) is 39.7 Å². The first-order valence-corrected chi connectivity index (χ1v) is 11.2. The number of nitrogens with zero attached hydrogens (tertiary/aromatic N) is 1. The van der Waals surface area contributed by atoms with Crippen molar-refractivity contribution in [2.24, 2.45) is 5.73 Å². The van der Waals surface area contributed by atoms with E-state index in [-0.39, 0.29) is 11.4 Å². The number of carbonyl (C=O) groups excluding carboxylic acids is 1. The van der Waals surface area contributed by atoms with Crippen molar-refractivity contribution in [1.29, 1.82) is 0 Å². The molecular formula is C22H26N4O5S. The van der Waals surface area contributed by atoms with Crippen molar-refractivity contribution in [2.45, 2.75) is 19.9 Å². The maximum absolute atomic E-state index is 12.2. The minimum Gasteiger partial charge on any atom is -0.493 e. The molecule has 0 spiro atoms. The maximum atomic E-state index is 12.2. The molecule has 1 unspecified atom stereocenters. The Bertz CT molecular complexity index is 1170. The van der Waals surface area contributed by atoms with Gasteiger partial charge in [0.25, 0.3) is 5.91 Å². The Morgan fingerprint density at radius 3 is 2.56 bits per heavy atom. The molecule has 2 aromatic carbocycles. The van der Waals surface area contributed by atoms with Crippen molar-refractivity contribution in [3.8, 4) is 11.5 Å². The highest BCUT2D eigenvalue weighted by Crippen LogP contribution is 2.37. The molecule has 0 aliphatic heterocycles. The van der Waals surface area contributed by atoms with Crippen LogP contribution in [0, 0.1) is 0 Å². The first kappa shape index (κ1) is 23.5. The van der Waals surface area contributed by atoms with Crippen LogP contribution in [0.15, 0.2) is 36.5 Å². The van der Waals surface area contributed by atoms with Gasteiger partial charge in [0.1, 0.15) is 0 Å². The van der Waals surface area contributed by atoms with Gasteiger partial charge < -0.3 is 25.1 Å². The smallest absolute Gasteiger partial charge is 0.252 e. The normalized spacial score (nSPS) is 11.9. The average Bonchev–Trinajstić information content (AvgIpc) is 2.78. The maximum Gasteiger partial charge on any atom is 0.252 e. The molecule has 0 aliphatic rings. The monoisotopic (exact) mass is 458 g/mol. The van der Waals surface area contributed by atoms with Crippen LogP contribution in [0.1, 0.15) is 28.4 Å². The summed E-state index contributed by atoms with van der Waals surface area (Å²) >= 11 is -1.92. The van der Waals surface area contributed by atoms with Gasteiger partial charge in [0, 0.05) is 29.9 Å². The SMILES string of the molecule is CCc1c(CNCS(=O)O)cccc1Nc1c(C(N)=O)cnc2cc(OC)c(OC)cc12. The Labute approximate surface area is 188 Å². The summed E-state index contributed by atoms with van der Waals surface area (Å²) in [6, 6.07) is 9.23. The second-order valence-corrected chi connectivity index (χ2v) is 7.88. The summed E-state index contributed by atoms with van der Waals surface area (Å²) in [7, 11) is 3.08. The number of rotatable bonds is 10. The fraction of sp³-hybridized carbons (Fsp3) is 0.273. The number of hydrogen-bond acceptors (Lipinski definition) is 7. The summed E-state index contributed by atoms with van der Waals surface area (Å²) in [5, 5.41) is 6.98. The van der Waals surface area contributed by atoms with Gasteiger partial charge in [-0.2, -0.15) is 0 Å². The molecular weight excluding hydrogens is 432 g/mol. The lowest BCUT2D eigenvalue weighted by Crippen LogP contribution is -2.19. The minimum atomic E-state index is -1.92. The van der Waals surface area contributed by atoms with Crippen molar-refractivity contribution in [2.75, 3.05) is 25.4 Å². The van der Waals surface area contributed by atoms with E-state index in [4.69, 9.17) is 19.8 Å². The molecule has 0 saturated carbocycles. The fourth-order valence-corrected chi connectivity index (χ4v) is 3.86. The summed E-state index contributed by atoms with van der Waals surface area (Å²) < 4.78 is 30.7. The van der Waals surface area contributed by atoms with Crippen LogP contribution in [-0.2, 0) is 24.0 Å². The number of benzene rings is 2. The molecule has 0 saturated heterocycles. The first-order valence-electron chi connectivity index (χ1n) is 9.90. The Hall–Kier alpha value is -3.21. The van der Waals surface area contributed by atoms with Crippen molar-refractivity contribution < 1.29 is 23.0 Å². The summed E-state index contributed by atoms with van der Waals surface area (Å²) in [5.74, 6) is 0.382. The van der Waals surface area contributed by atoms with Crippen LogP contribution in [0.4, 0.5) is 11.4 Å². The lowest BCUT2D eigenvalue weighted by atomic mass is 10.0. The Morgan fingerprint density at radius 1 is 1.22 bits per heavy atom. The third-order valence-corrected chi connectivity index (χ3v) is 5.52. The number of ether oxygens (including phenoxy) is 2. The van der Waals surface area contributed by atoms with Crippen molar-refractivity contribution in [3.05, 3.63) is 53.2 Å². The molecule has 1 amide bonds. The lowest BCUT2D eigenvalue weighted by Gasteiger charge is -2.19. The molecule has 3 rings (SSSR count). The van der Waals surface area contributed by atoms with Crippen molar-refractivity contribution in [3.63, 3.8) is 0 Å². The summed E-state index contributed by atoms with van der Waals surface area (Å²) in [4.78, 5) is 16.6. The predicted molar refractivity (Wildman–Crippen MR) is 125 cm³/mol. The zero-order chi connectivity index (χ0) is 23.3. The molecule has 170 valence electrons. The standard InChI is InChI=1S/C22H26N4O5S/c1-4-14-13(10-24-12-32(28)29)6-5-7-17(14)26-21-15-8-19(30-2)20(31-3)9-18(15)25-11-16(21)22(23)27/h5-9,11,24H,4,10,12H2,1-3H3,(H2,23,27)(H,25,26)(H,28,29). The third kappa shape index (κ3) is 4.98. The molecule has 1 aromatic heterocycles. The molecule has 10 heteroatoms. The van der Waals surface area contributed by atoms with Gasteiger partial charge >= 0.3 is 0 Å². The zero-order valence-electron chi connectivity index (χ0n) is 18.1. The number of pyridine rings is 1. The second-order valence-electron chi connectivity index (χ2n) is 6.95. The van der Waals surface area contributed by atoms with Gasteiger partial charge in [0.05, 0.1) is 36.9 Å². The number of anilines is 2. The van der Waals surface area contributed by atoms with Gasteiger partial charge in [-0.25, -0.2) is 4.21 Å². The van der Waals surface area contributed by atoms with Crippen molar-refractivity contribution in [1.82, 2.24) is 10.3 Å². The lowest BCUT2D eigenvalue weighted by molar-refractivity contribution is 0.100. The van der Waals surface area contributed by atoms with E-state index in [1.165, 1.54) is 13.3 Å². The zero-order valence-corrected chi connectivity index (χ0v) is 18.9. The van der Waals surface area contributed by atoms with Gasteiger partial charge in [0.15, 0.2) is 22.6 Å². The van der Waals surface area contributed by atoms with Crippen LogP contribution >= 0.6 is 0 Å². The Balaban J connectivity index is 2.12. The predicted octanol–water partition coefficient (Wildman–Crippen LogP) is 2.93. The highest BCUT2D eigenvalue weighted by molar-refractivity contribution is 7.79. The minimum absolute atomic E-state index is 0.0245. The van der Waals surface area contributed by atoms with Gasteiger partial charge in [-0.3, -0.25) is 15.1 Å². The van der Waals surface area contributed by atoms with E-state index in [1.807, 2.05) is 25.1 Å². The number of nitrogens with one attached hydrogen (secondary N) is 2. The van der Waals surface area contributed by atoms with E-state index in [9.17, 15) is 9.00 Å². The van der Waals surface area contributed by atoms with Crippen LogP contribution < -0.4 is 25.8 Å². The quantitative estimate of drug-likeness (QED) is 0.341. The van der Waals surface area contributed by atoms with Crippen LogP contribution in [0.3, 0.4) is 0 Å². The van der Waals surface area contributed by atoms with Gasteiger partial charge in [0.2, 0.25) is 0 Å². The fourth-order valence-electron chi connectivity index (χ4n) is 3.58. The van der Waals surface area contributed by atoms with Gasteiger partial charge in [-0.15, -0.1) is 0 Å². The largest absolute Gasteiger partial charge is 0.493 e. The van der Waals surface area contributed by atoms with E-state index < -0.39 is 17.0 Å². The molecule has 5 N–H and O–H groups in total. The Kier molecular flexibility index (Phi) is 7.62. The molecule has 9 nitrogen and oxygen atoms in total. The highest BCUT2D eigenvalue weighted by Gasteiger charge is 2.18. The number of nitrogens with two attached hydrogens (primary N) is 1. The number of aromatic nitrogens is 1. The van der Waals surface area contributed by atoms with E-state index >= 15 is 0 Å².